The van der Waals surface area contributed by atoms with Gasteiger partial charge in [0, 0.05) is 0 Å². The van der Waals surface area contributed by atoms with Crippen LogP contribution >= 0.6 is 12.4 Å². The van der Waals surface area contributed by atoms with Crippen molar-refractivity contribution in [2.45, 2.75) is 12.1 Å². The van der Waals surface area contributed by atoms with Gasteiger partial charge in [0.2, 0.25) is 0 Å². The van der Waals surface area contributed by atoms with E-state index in [4.69, 9.17) is 15.9 Å². The Labute approximate surface area is 74.7 Å². The van der Waals surface area contributed by atoms with Crippen molar-refractivity contribution in [3.63, 3.8) is 0 Å². The second-order valence-electron chi connectivity index (χ2n) is 1.83. The number of hydrogen-bond donors (Lipinski definition) is 3. The van der Waals surface area contributed by atoms with Crippen LogP contribution in [0, 0.1) is 0 Å². The van der Waals surface area contributed by atoms with Gasteiger partial charge in [-0.2, -0.15) is 0 Å². The quantitative estimate of drug-likeness (QED) is 0.470. The van der Waals surface area contributed by atoms with Crippen LogP contribution < -0.4 is 5.73 Å². The van der Waals surface area contributed by atoms with Crippen molar-refractivity contribution in [2.24, 2.45) is 5.73 Å². The first-order valence-electron chi connectivity index (χ1n) is 2.75. The highest BCUT2D eigenvalue weighted by Gasteiger charge is 2.28. The van der Waals surface area contributed by atoms with Crippen LogP contribution in [0.4, 0.5) is 0 Å². The number of methoxy groups -OCH3 is 1. The number of halogens is 1. The van der Waals surface area contributed by atoms with E-state index < -0.39 is 24.1 Å². The molecule has 0 fully saturated rings. The Morgan fingerprint density at radius 1 is 1.50 bits per heavy atom. The molecule has 72 valence electrons. The molecule has 4 N–H and O–H groups in total. The van der Waals surface area contributed by atoms with Gasteiger partial charge in [-0.3, -0.25) is 4.79 Å². The number of hydrogen-bond acceptors (Lipinski definition) is 5. The summed E-state index contributed by atoms with van der Waals surface area (Å²) in [6, 6.07) is -1.64. The van der Waals surface area contributed by atoms with Crippen LogP contribution in [0.25, 0.3) is 0 Å². The Hall–Kier alpha value is -0.850. The predicted octanol–water partition coefficient (Wildman–Crippen LogP) is -1.65. The molecule has 0 radical (unpaired) electrons. The standard InChI is InChI=1S/C5H9NO5.ClH/c1-11-5(10)3(7)2(6)4(8)9;/h2-3,7H,6H2,1H3,(H,8,9);1H/t2-,3-;/m0./s1. The summed E-state index contributed by atoms with van der Waals surface area (Å²) in [4.78, 5) is 20.5. The molecule has 7 heteroatoms. The summed E-state index contributed by atoms with van der Waals surface area (Å²) < 4.78 is 4.05. The first kappa shape index (κ1) is 13.7. The molecule has 6 nitrogen and oxygen atoms in total. The van der Waals surface area contributed by atoms with Crippen LogP contribution in [0.15, 0.2) is 0 Å². The van der Waals surface area contributed by atoms with Gasteiger partial charge in [0.1, 0.15) is 6.04 Å². The molecule has 0 aromatic heterocycles. The zero-order chi connectivity index (χ0) is 9.02. The zero-order valence-corrected chi connectivity index (χ0v) is 7.08. The van der Waals surface area contributed by atoms with E-state index in [2.05, 4.69) is 4.74 Å². The van der Waals surface area contributed by atoms with Gasteiger partial charge in [-0.1, -0.05) is 0 Å². The number of esters is 1. The van der Waals surface area contributed by atoms with E-state index in [1.165, 1.54) is 0 Å². The van der Waals surface area contributed by atoms with Crippen molar-refractivity contribution in [1.82, 2.24) is 0 Å². The number of ether oxygens (including phenoxy) is 1. The summed E-state index contributed by atoms with van der Waals surface area (Å²) in [5.74, 6) is -2.51. The minimum atomic E-state index is -1.81. The minimum absolute atomic E-state index is 0. The number of nitrogens with two attached hydrogens (primary N) is 1. The number of carboxylic acids is 1. The van der Waals surface area contributed by atoms with Crippen LogP contribution in [0.5, 0.6) is 0 Å². The average molecular weight is 200 g/mol. The highest BCUT2D eigenvalue weighted by Crippen LogP contribution is 1.92. The molecular weight excluding hydrogens is 190 g/mol. The van der Waals surface area contributed by atoms with Gasteiger partial charge in [-0.25, -0.2) is 4.79 Å². The van der Waals surface area contributed by atoms with E-state index in [9.17, 15) is 9.59 Å². The van der Waals surface area contributed by atoms with Crippen molar-refractivity contribution in [3.05, 3.63) is 0 Å². The Morgan fingerprint density at radius 2 is 1.92 bits per heavy atom. The van der Waals surface area contributed by atoms with Crippen molar-refractivity contribution in [1.29, 1.82) is 0 Å². The lowest BCUT2D eigenvalue weighted by Crippen LogP contribution is -2.46. The minimum Gasteiger partial charge on any atom is -0.480 e. The molecule has 0 aliphatic carbocycles. The zero-order valence-electron chi connectivity index (χ0n) is 6.26. The third-order valence-electron chi connectivity index (χ3n) is 1.07. The maximum absolute atomic E-state index is 10.4. The van der Waals surface area contributed by atoms with Crippen molar-refractivity contribution in [3.8, 4) is 0 Å². The highest BCUT2D eigenvalue weighted by atomic mass is 35.5. The van der Waals surface area contributed by atoms with Gasteiger partial charge in [0.05, 0.1) is 7.11 Å². The fraction of sp³-hybridized carbons (Fsp3) is 0.600. The summed E-state index contributed by atoms with van der Waals surface area (Å²) in [5.41, 5.74) is 4.89. The van der Waals surface area contributed by atoms with E-state index >= 15 is 0 Å². The van der Waals surface area contributed by atoms with Crippen LogP contribution in [0.2, 0.25) is 0 Å². The summed E-state index contributed by atoms with van der Waals surface area (Å²) >= 11 is 0. The van der Waals surface area contributed by atoms with Crippen molar-refractivity contribution >= 4 is 24.3 Å². The number of rotatable bonds is 3. The van der Waals surface area contributed by atoms with Crippen LogP contribution in [-0.4, -0.2) is 41.4 Å². The van der Waals surface area contributed by atoms with E-state index in [0.717, 1.165) is 7.11 Å². The maximum Gasteiger partial charge on any atom is 0.336 e. The molecule has 0 aromatic carbocycles. The van der Waals surface area contributed by atoms with Crippen molar-refractivity contribution < 1.29 is 24.5 Å². The van der Waals surface area contributed by atoms with Crippen LogP contribution in [-0.2, 0) is 14.3 Å². The topological polar surface area (TPSA) is 110 Å². The Balaban J connectivity index is 0. The molecule has 2 atom stereocenters. The first-order valence-corrected chi connectivity index (χ1v) is 2.75. The first-order chi connectivity index (χ1) is 5.00. The van der Waals surface area contributed by atoms with E-state index in [1.54, 1.807) is 0 Å². The van der Waals surface area contributed by atoms with Gasteiger partial charge in [-0.15, -0.1) is 12.4 Å². The molecule has 0 saturated heterocycles. The van der Waals surface area contributed by atoms with Gasteiger partial charge < -0.3 is 20.7 Å². The van der Waals surface area contributed by atoms with Crippen molar-refractivity contribution in [2.75, 3.05) is 7.11 Å². The van der Waals surface area contributed by atoms with E-state index in [1.807, 2.05) is 0 Å². The fourth-order valence-electron chi connectivity index (χ4n) is 0.402. The van der Waals surface area contributed by atoms with Crippen LogP contribution in [0.1, 0.15) is 0 Å². The molecule has 0 saturated carbocycles. The summed E-state index contributed by atoms with van der Waals surface area (Å²) in [5, 5.41) is 17.0. The molecule has 0 amide bonds. The van der Waals surface area contributed by atoms with Gasteiger partial charge >= 0.3 is 11.9 Å². The molecule has 12 heavy (non-hydrogen) atoms. The predicted molar refractivity (Wildman–Crippen MR) is 40.9 cm³/mol. The lowest BCUT2D eigenvalue weighted by atomic mass is 10.2. The maximum atomic E-state index is 10.4. The highest BCUT2D eigenvalue weighted by molar-refractivity contribution is 5.85. The monoisotopic (exact) mass is 199 g/mol. The second-order valence-corrected chi connectivity index (χ2v) is 1.83. The summed E-state index contributed by atoms with van der Waals surface area (Å²) in [6.45, 7) is 0. The largest absolute Gasteiger partial charge is 0.480 e. The number of carboxylic acid groups (broad SMARTS) is 1. The Bertz CT molecular complexity index is 173. The second kappa shape index (κ2) is 5.76. The molecular formula is C5H10ClNO5. The lowest BCUT2D eigenvalue weighted by molar-refractivity contribution is -0.157. The molecule has 0 unspecified atom stereocenters. The molecule has 0 aromatic rings. The normalized spacial score (nSPS) is 13.9. The molecule has 0 aliphatic heterocycles. The lowest BCUT2D eigenvalue weighted by Gasteiger charge is -2.11. The molecule has 0 aliphatic rings. The number of carbonyl (C=O) groups is 2. The summed E-state index contributed by atoms with van der Waals surface area (Å²) in [6.07, 6.45) is -1.81. The molecule has 0 rings (SSSR count). The number of carbonyl (C=O) groups excluding carboxylic acids is 1. The third-order valence-corrected chi connectivity index (χ3v) is 1.07. The summed E-state index contributed by atoms with van der Waals surface area (Å²) in [7, 11) is 1.03. The number of aliphatic carboxylic acids is 1. The van der Waals surface area contributed by atoms with E-state index in [-0.39, 0.29) is 12.4 Å². The third kappa shape index (κ3) is 3.51. The van der Waals surface area contributed by atoms with Gasteiger partial charge in [0.15, 0.2) is 6.10 Å². The van der Waals surface area contributed by atoms with E-state index in [0.29, 0.717) is 0 Å². The average Bonchev–Trinajstić information content (AvgIpc) is 2.00. The van der Waals surface area contributed by atoms with Crippen LogP contribution in [0.3, 0.4) is 0 Å². The number of aliphatic hydroxyl groups is 1. The Morgan fingerprint density at radius 3 is 2.17 bits per heavy atom. The molecule has 0 heterocycles. The molecule has 0 spiro atoms. The van der Waals surface area contributed by atoms with Gasteiger partial charge in [-0.05, 0) is 0 Å². The Kier molecular flexibility index (Phi) is 6.58. The SMILES string of the molecule is COC(=O)[C@@H](O)[C@H](N)C(=O)O.Cl. The fourth-order valence-corrected chi connectivity index (χ4v) is 0.402. The number of aliphatic hydroxyl groups excluding tert-OH is 1. The smallest absolute Gasteiger partial charge is 0.336 e. The molecule has 0 bridgehead atoms. The van der Waals surface area contributed by atoms with Gasteiger partial charge in [0.25, 0.3) is 0 Å².